The number of carbonyl (C=O) groups excluding carboxylic acids is 3. The molecular formula is C16H18ClN3O3. The normalized spacial score (nSPS) is 21.3. The topological polar surface area (TPSA) is 69.7 Å². The van der Waals surface area contributed by atoms with Crippen LogP contribution in [-0.2, 0) is 9.59 Å². The van der Waals surface area contributed by atoms with Crippen molar-refractivity contribution in [3.63, 3.8) is 0 Å². The summed E-state index contributed by atoms with van der Waals surface area (Å²) < 4.78 is 0. The van der Waals surface area contributed by atoms with Gasteiger partial charge >= 0.3 is 0 Å². The molecule has 1 atom stereocenters. The summed E-state index contributed by atoms with van der Waals surface area (Å²) in [6.45, 7) is 1.94. The van der Waals surface area contributed by atoms with Crippen molar-refractivity contribution in [3.05, 3.63) is 34.9 Å². The zero-order valence-electron chi connectivity index (χ0n) is 12.6. The lowest BCUT2D eigenvalue weighted by Gasteiger charge is -2.36. The minimum atomic E-state index is -0.405. The van der Waals surface area contributed by atoms with Crippen molar-refractivity contribution in [1.82, 2.24) is 15.1 Å². The number of piperazine rings is 1. The third-order valence-electron chi connectivity index (χ3n) is 4.24. The standard InChI is InChI=1S/C16H18ClN3O3/c17-12-3-1-2-11(10-12)15(22)19-6-8-20(9-7-19)16(23)13-4-5-14(21)18-13/h1-3,10,13H,4-9H2,(H,18,21)/t13-/m0/s1. The second kappa shape index (κ2) is 6.58. The highest BCUT2D eigenvalue weighted by molar-refractivity contribution is 6.30. The molecule has 2 aliphatic rings. The van der Waals surface area contributed by atoms with Crippen molar-refractivity contribution in [3.8, 4) is 0 Å². The summed E-state index contributed by atoms with van der Waals surface area (Å²) in [5, 5.41) is 3.22. The molecule has 6 nitrogen and oxygen atoms in total. The third kappa shape index (κ3) is 3.47. The van der Waals surface area contributed by atoms with Gasteiger partial charge in [-0.2, -0.15) is 0 Å². The van der Waals surface area contributed by atoms with E-state index < -0.39 is 6.04 Å². The van der Waals surface area contributed by atoms with Gasteiger partial charge in [0.1, 0.15) is 6.04 Å². The number of nitrogens with one attached hydrogen (secondary N) is 1. The van der Waals surface area contributed by atoms with Gasteiger partial charge in [-0.3, -0.25) is 14.4 Å². The molecule has 0 aliphatic carbocycles. The smallest absolute Gasteiger partial charge is 0.254 e. The van der Waals surface area contributed by atoms with Crippen molar-refractivity contribution >= 4 is 29.3 Å². The molecule has 1 N–H and O–H groups in total. The van der Waals surface area contributed by atoms with Crippen molar-refractivity contribution in [2.24, 2.45) is 0 Å². The van der Waals surface area contributed by atoms with Gasteiger partial charge in [0.2, 0.25) is 11.8 Å². The van der Waals surface area contributed by atoms with E-state index in [2.05, 4.69) is 5.32 Å². The summed E-state index contributed by atoms with van der Waals surface area (Å²) in [6.07, 6.45) is 0.961. The zero-order valence-corrected chi connectivity index (χ0v) is 13.4. The van der Waals surface area contributed by atoms with Crippen LogP contribution in [-0.4, -0.2) is 59.7 Å². The molecule has 2 fully saturated rings. The minimum Gasteiger partial charge on any atom is -0.344 e. The fourth-order valence-corrected chi connectivity index (χ4v) is 3.14. The van der Waals surface area contributed by atoms with Crippen LogP contribution in [0.25, 0.3) is 0 Å². The van der Waals surface area contributed by atoms with Crippen LogP contribution in [0, 0.1) is 0 Å². The Labute approximate surface area is 139 Å². The van der Waals surface area contributed by atoms with Crippen LogP contribution in [0.15, 0.2) is 24.3 Å². The molecule has 0 spiro atoms. The first-order valence-corrected chi connectivity index (χ1v) is 8.05. The summed E-state index contributed by atoms with van der Waals surface area (Å²) in [4.78, 5) is 39.4. The Balaban J connectivity index is 1.57. The molecule has 23 heavy (non-hydrogen) atoms. The molecule has 2 aliphatic heterocycles. The van der Waals surface area contributed by atoms with Gasteiger partial charge in [0, 0.05) is 43.2 Å². The lowest BCUT2D eigenvalue weighted by Crippen LogP contribution is -2.54. The highest BCUT2D eigenvalue weighted by Gasteiger charge is 2.33. The summed E-state index contributed by atoms with van der Waals surface area (Å²) >= 11 is 5.92. The summed E-state index contributed by atoms with van der Waals surface area (Å²) in [5.74, 6) is -0.197. The van der Waals surface area contributed by atoms with Crippen LogP contribution >= 0.6 is 11.6 Å². The molecular weight excluding hydrogens is 318 g/mol. The van der Waals surface area contributed by atoms with Crippen molar-refractivity contribution in [1.29, 1.82) is 0 Å². The monoisotopic (exact) mass is 335 g/mol. The van der Waals surface area contributed by atoms with E-state index in [1.807, 2.05) is 0 Å². The first kappa shape index (κ1) is 15.8. The Morgan fingerprint density at radius 1 is 1.13 bits per heavy atom. The predicted octanol–water partition coefficient (Wildman–Crippen LogP) is 0.903. The van der Waals surface area contributed by atoms with Crippen LogP contribution < -0.4 is 5.32 Å². The molecule has 3 amide bonds. The number of benzene rings is 1. The highest BCUT2D eigenvalue weighted by Crippen LogP contribution is 2.16. The average molecular weight is 336 g/mol. The maximum atomic E-state index is 12.4. The van der Waals surface area contributed by atoms with E-state index in [0.29, 0.717) is 49.6 Å². The molecule has 1 aromatic rings. The van der Waals surface area contributed by atoms with E-state index in [-0.39, 0.29) is 17.7 Å². The van der Waals surface area contributed by atoms with Crippen LogP contribution in [0.2, 0.25) is 5.02 Å². The SMILES string of the molecule is O=C1CC[C@@H](C(=O)N2CCN(C(=O)c3cccc(Cl)c3)CC2)N1. The van der Waals surface area contributed by atoms with Gasteiger partial charge in [-0.05, 0) is 24.6 Å². The van der Waals surface area contributed by atoms with E-state index in [4.69, 9.17) is 11.6 Å². The molecule has 0 saturated carbocycles. The number of amides is 3. The Morgan fingerprint density at radius 2 is 1.83 bits per heavy atom. The van der Waals surface area contributed by atoms with Gasteiger partial charge in [0.15, 0.2) is 0 Å². The molecule has 0 aromatic heterocycles. The molecule has 0 radical (unpaired) electrons. The van der Waals surface area contributed by atoms with E-state index in [0.717, 1.165) is 0 Å². The third-order valence-corrected chi connectivity index (χ3v) is 4.48. The predicted molar refractivity (Wildman–Crippen MR) is 85.1 cm³/mol. The molecule has 122 valence electrons. The number of hydrogen-bond acceptors (Lipinski definition) is 3. The van der Waals surface area contributed by atoms with Gasteiger partial charge in [0.05, 0.1) is 0 Å². The number of nitrogens with zero attached hydrogens (tertiary/aromatic N) is 2. The maximum Gasteiger partial charge on any atom is 0.254 e. The zero-order chi connectivity index (χ0) is 16.4. The number of carbonyl (C=O) groups is 3. The van der Waals surface area contributed by atoms with Crippen LogP contribution in [0.1, 0.15) is 23.2 Å². The Hall–Kier alpha value is -2.08. The minimum absolute atomic E-state index is 0.0503. The van der Waals surface area contributed by atoms with Gasteiger partial charge in [-0.1, -0.05) is 17.7 Å². The Kier molecular flexibility index (Phi) is 4.52. The molecule has 0 unspecified atom stereocenters. The van der Waals surface area contributed by atoms with Gasteiger partial charge in [-0.15, -0.1) is 0 Å². The number of hydrogen-bond donors (Lipinski definition) is 1. The molecule has 1 aromatic carbocycles. The second-order valence-electron chi connectivity index (χ2n) is 5.79. The molecule has 3 rings (SSSR count). The molecule has 2 saturated heterocycles. The Morgan fingerprint density at radius 3 is 2.43 bits per heavy atom. The largest absolute Gasteiger partial charge is 0.344 e. The number of rotatable bonds is 2. The molecule has 0 bridgehead atoms. The van der Waals surface area contributed by atoms with E-state index >= 15 is 0 Å². The van der Waals surface area contributed by atoms with E-state index in [1.165, 1.54) is 0 Å². The molecule has 7 heteroatoms. The first-order chi connectivity index (χ1) is 11.0. The summed E-state index contributed by atoms with van der Waals surface area (Å²) in [7, 11) is 0. The summed E-state index contributed by atoms with van der Waals surface area (Å²) in [5.41, 5.74) is 0.556. The van der Waals surface area contributed by atoms with Crippen LogP contribution in [0.3, 0.4) is 0 Å². The highest BCUT2D eigenvalue weighted by atomic mass is 35.5. The average Bonchev–Trinajstić information content (AvgIpc) is 3.00. The second-order valence-corrected chi connectivity index (χ2v) is 6.22. The van der Waals surface area contributed by atoms with E-state index in [1.54, 1.807) is 34.1 Å². The van der Waals surface area contributed by atoms with Crippen molar-refractivity contribution in [2.45, 2.75) is 18.9 Å². The lowest BCUT2D eigenvalue weighted by atomic mass is 10.1. The van der Waals surface area contributed by atoms with Crippen molar-refractivity contribution in [2.75, 3.05) is 26.2 Å². The number of halogens is 1. The van der Waals surface area contributed by atoms with Crippen molar-refractivity contribution < 1.29 is 14.4 Å². The van der Waals surface area contributed by atoms with Gasteiger partial charge in [0.25, 0.3) is 5.91 Å². The van der Waals surface area contributed by atoms with Crippen LogP contribution in [0.5, 0.6) is 0 Å². The van der Waals surface area contributed by atoms with Gasteiger partial charge in [-0.25, -0.2) is 0 Å². The quantitative estimate of drug-likeness (QED) is 0.873. The maximum absolute atomic E-state index is 12.4. The van der Waals surface area contributed by atoms with E-state index in [9.17, 15) is 14.4 Å². The van der Waals surface area contributed by atoms with Crippen LogP contribution in [0.4, 0.5) is 0 Å². The first-order valence-electron chi connectivity index (χ1n) is 7.67. The fraction of sp³-hybridized carbons (Fsp3) is 0.438. The Bertz CT molecular complexity index is 641. The summed E-state index contributed by atoms with van der Waals surface area (Å²) in [6, 6.07) is 6.45. The molecule has 2 heterocycles. The fourth-order valence-electron chi connectivity index (χ4n) is 2.95. The lowest BCUT2D eigenvalue weighted by molar-refractivity contribution is -0.135. The van der Waals surface area contributed by atoms with Gasteiger partial charge < -0.3 is 15.1 Å².